The fraction of sp³-hybridized carbons (Fsp3) is 0.381. The van der Waals surface area contributed by atoms with Crippen LogP contribution in [0.25, 0.3) is 11.0 Å². The van der Waals surface area contributed by atoms with E-state index in [1.807, 2.05) is 0 Å². The van der Waals surface area contributed by atoms with Gasteiger partial charge in [0.05, 0.1) is 31.7 Å². The van der Waals surface area contributed by atoms with Crippen molar-refractivity contribution in [2.24, 2.45) is 0 Å². The van der Waals surface area contributed by atoms with Crippen molar-refractivity contribution in [3.05, 3.63) is 54.1 Å². The van der Waals surface area contributed by atoms with E-state index < -0.39 is 38.2 Å². The van der Waals surface area contributed by atoms with Gasteiger partial charge in [0.15, 0.2) is 5.15 Å². The molecule has 0 bridgehead atoms. The molecule has 4 rings (SSSR count). The Morgan fingerprint density at radius 3 is 2.85 bits per heavy atom. The molecule has 0 saturated carbocycles. The van der Waals surface area contributed by atoms with Gasteiger partial charge in [-0.15, -0.1) is 0 Å². The predicted molar refractivity (Wildman–Crippen MR) is 122 cm³/mol. The number of aliphatic hydroxyl groups is 1. The number of pyridine rings is 1. The number of rotatable bonds is 9. The Bertz CT molecular complexity index is 1190. The smallest absolute Gasteiger partial charge is 0.459 e. The van der Waals surface area contributed by atoms with E-state index in [1.165, 1.54) is 14.0 Å². The zero-order valence-electron chi connectivity index (χ0n) is 18.4. The van der Waals surface area contributed by atoms with E-state index in [2.05, 4.69) is 19.8 Å². The van der Waals surface area contributed by atoms with Gasteiger partial charge in [-0.2, -0.15) is 5.09 Å². The van der Waals surface area contributed by atoms with E-state index in [1.54, 1.807) is 53.5 Å². The minimum atomic E-state index is -4.06. The minimum absolute atomic E-state index is 0.245. The molecule has 1 aromatic carbocycles. The van der Waals surface area contributed by atoms with E-state index >= 15 is 0 Å². The molecule has 3 heterocycles. The summed E-state index contributed by atoms with van der Waals surface area (Å²) >= 11 is 6.09. The molecule has 2 aromatic heterocycles. The van der Waals surface area contributed by atoms with Crippen LogP contribution in [-0.4, -0.2) is 57.6 Å². The molecular formula is C21H24ClN4O7P. The van der Waals surface area contributed by atoms with Gasteiger partial charge in [0.2, 0.25) is 0 Å². The van der Waals surface area contributed by atoms with Crippen molar-refractivity contribution in [1.82, 2.24) is 19.6 Å². The number of carbonyl (C=O) groups excluding carboxylic acids is 1. The highest BCUT2D eigenvalue weighted by atomic mass is 35.5. The first-order valence-electron chi connectivity index (χ1n) is 10.4. The van der Waals surface area contributed by atoms with Gasteiger partial charge in [-0.25, -0.2) is 14.5 Å². The highest BCUT2D eigenvalue weighted by Gasteiger charge is 2.39. The fourth-order valence-electron chi connectivity index (χ4n) is 3.54. The molecule has 182 valence electrons. The summed E-state index contributed by atoms with van der Waals surface area (Å²) in [6.45, 7) is 1.20. The van der Waals surface area contributed by atoms with Gasteiger partial charge in [0.25, 0.3) is 0 Å². The third-order valence-corrected chi connectivity index (χ3v) is 7.17. The maximum Gasteiger partial charge on any atom is 0.459 e. The molecule has 1 aliphatic heterocycles. The number of para-hydroxylation sites is 1. The van der Waals surface area contributed by atoms with Gasteiger partial charge >= 0.3 is 13.7 Å². The number of benzene rings is 1. The normalized spacial score (nSPS) is 22.9. The van der Waals surface area contributed by atoms with Crippen LogP contribution >= 0.6 is 19.3 Å². The summed E-state index contributed by atoms with van der Waals surface area (Å²) in [4.78, 5) is 20.1. The van der Waals surface area contributed by atoms with Crippen molar-refractivity contribution in [1.29, 1.82) is 0 Å². The van der Waals surface area contributed by atoms with Crippen LogP contribution in [0, 0.1) is 0 Å². The number of hydrogen-bond acceptors (Lipinski definition) is 9. The number of esters is 1. The van der Waals surface area contributed by atoms with Crippen LogP contribution in [-0.2, 0) is 23.4 Å². The lowest BCUT2D eigenvalue weighted by molar-refractivity contribution is -0.142. The average Bonchev–Trinajstić information content (AvgIpc) is 3.42. The molecule has 0 amide bonds. The number of aliphatic hydroxyl groups excluding tert-OH is 1. The summed E-state index contributed by atoms with van der Waals surface area (Å²) in [5, 5.41) is 13.4. The number of fused-ring (bicyclic) bond motifs is 1. The molecule has 1 saturated heterocycles. The number of nitrogens with zero attached hydrogens (tertiary/aromatic N) is 3. The van der Waals surface area contributed by atoms with Gasteiger partial charge in [-0.05, 0) is 25.1 Å². The molecule has 1 fully saturated rings. The van der Waals surface area contributed by atoms with Crippen LogP contribution in [0.4, 0.5) is 0 Å². The number of aromatic nitrogens is 3. The fourth-order valence-corrected chi connectivity index (χ4v) is 5.25. The molecule has 0 spiro atoms. The van der Waals surface area contributed by atoms with Crippen LogP contribution in [0.1, 0.15) is 19.6 Å². The SMILES string of the molecule is COC(=O)[C@H](C)NP(=O)(OC[C@H]1O[C@@H](n2cnc3c(Cl)nccc32)C[C@@H]1O)Oc1ccccc1. The third-order valence-electron chi connectivity index (χ3n) is 5.25. The van der Waals surface area contributed by atoms with E-state index in [0.29, 0.717) is 11.0 Å². The Morgan fingerprint density at radius 2 is 2.12 bits per heavy atom. The predicted octanol–water partition coefficient (Wildman–Crippen LogP) is 3.09. The average molecular weight is 511 g/mol. The highest BCUT2D eigenvalue weighted by Crippen LogP contribution is 2.46. The largest absolute Gasteiger partial charge is 0.468 e. The van der Waals surface area contributed by atoms with Crippen molar-refractivity contribution in [2.45, 2.75) is 37.8 Å². The summed E-state index contributed by atoms with van der Waals surface area (Å²) in [5.41, 5.74) is 1.22. The number of carbonyl (C=O) groups is 1. The summed E-state index contributed by atoms with van der Waals surface area (Å²) in [6.07, 6.45) is 1.08. The van der Waals surface area contributed by atoms with Gasteiger partial charge in [-0.1, -0.05) is 29.8 Å². The first kappa shape index (κ1) is 24.6. The summed E-state index contributed by atoms with van der Waals surface area (Å²) in [7, 11) is -2.84. The Hall–Kier alpha value is -2.53. The topological polar surface area (TPSA) is 134 Å². The second-order valence-corrected chi connectivity index (χ2v) is 9.68. The van der Waals surface area contributed by atoms with Crippen LogP contribution in [0.15, 0.2) is 48.9 Å². The maximum atomic E-state index is 13.5. The lowest BCUT2D eigenvalue weighted by Gasteiger charge is -2.24. The minimum Gasteiger partial charge on any atom is -0.468 e. The number of ether oxygens (including phenoxy) is 2. The number of hydrogen-bond donors (Lipinski definition) is 2. The maximum absolute atomic E-state index is 13.5. The molecule has 0 radical (unpaired) electrons. The summed E-state index contributed by atoms with van der Waals surface area (Å²) in [5.74, 6) is -0.366. The second-order valence-electron chi connectivity index (χ2n) is 7.63. The Balaban J connectivity index is 1.47. The summed E-state index contributed by atoms with van der Waals surface area (Å²) < 4.78 is 37.0. The zero-order chi connectivity index (χ0) is 24.3. The van der Waals surface area contributed by atoms with E-state index in [-0.39, 0.29) is 23.9 Å². The molecule has 0 aliphatic carbocycles. The van der Waals surface area contributed by atoms with Gasteiger partial charge in [-0.3, -0.25) is 9.32 Å². The monoisotopic (exact) mass is 510 g/mol. The van der Waals surface area contributed by atoms with Crippen LogP contribution < -0.4 is 9.61 Å². The molecule has 2 N–H and O–H groups in total. The van der Waals surface area contributed by atoms with E-state index in [4.69, 9.17) is 25.4 Å². The molecular weight excluding hydrogens is 487 g/mol. The van der Waals surface area contributed by atoms with Gasteiger partial charge in [0, 0.05) is 12.6 Å². The van der Waals surface area contributed by atoms with Crippen LogP contribution in [0.2, 0.25) is 5.15 Å². The molecule has 1 aliphatic rings. The molecule has 1 unspecified atom stereocenters. The van der Waals surface area contributed by atoms with E-state index in [9.17, 15) is 14.5 Å². The zero-order valence-corrected chi connectivity index (χ0v) is 20.1. The van der Waals surface area contributed by atoms with Crippen molar-refractivity contribution in [3.63, 3.8) is 0 Å². The van der Waals surface area contributed by atoms with Gasteiger partial charge < -0.3 is 23.7 Å². The van der Waals surface area contributed by atoms with Crippen molar-refractivity contribution in [3.8, 4) is 5.75 Å². The number of nitrogens with one attached hydrogen (secondary N) is 1. The van der Waals surface area contributed by atoms with Gasteiger partial charge in [0.1, 0.15) is 29.6 Å². The third kappa shape index (κ3) is 5.41. The number of methoxy groups -OCH3 is 1. The quantitative estimate of drug-likeness (QED) is 0.251. The molecule has 3 aromatic rings. The second kappa shape index (κ2) is 10.4. The lowest BCUT2D eigenvalue weighted by atomic mass is 10.2. The lowest BCUT2D eigenvalue weighted by Crippen LogP contribution is -2.36. The Labute approximate surface area is 200 Å². The first-order chi connectivity index (χ1) is 16.3. The molecule has 11 nitrogen and oxygen atoms in total. The Kier molecular flexibility index (Phi) is 7.51. The number of halogens is 1. The van der Waals surface area contributed by atoms with Crippen LogP contribution in [0.3, 0.4) is 0 Å². The summed E-state index contributed by atoms with van der Waals surface area (Å²) in [6, 6.07) is 9.15. The van der Waals surface area contributed by atoms with E-state index in [0.717, 1.165) is 0 Å². The van der Waals surface area contributed by atoms with Crippen molar-refractivity contribution in [2.75, 3.05) is 13.7 Å². The highest BCUT2D eigenvalue weighted by molar-refractivity contribution is 7.52. The number of imidazole rings is 1. The molecule has 13 heteroatoms. The standard InChI is InChI=1S/C21H24ClN4O7P/c1-13(21(28)30-2)25-34(29,33-14-6-4-3-5-7-14)31-11-17-16(27)10-18(32-17)26-12-24-19-15(26)8-9-23-20(19)22/h3-9,12-13,16-18,27H,10-11H2,1-2H3,(H,25,29)/t13-,16-,17+,18+,34?/m0/s1. The molecule has 34 heavy (non-hydrogen) atoms. The Morgan fingerprint density at radius 1 is 1.35 bits per heavy atom. The first-order valence-corrected chi connectivity index (χ1v) is 12.4. The van der Waals surface area contributed by atoms with Crippen molar-refractivity contribution < 1.29 is 33.0 Å². The van der Waals surface area contributed by atoms with Crippen LogP contribution in [0.5, 0.6) is 5.75 Å². The molecule has 5 atom stereocenters. The van der Waals surface area contributed by atoms with Crippen molar-refractivity contribution >= 4 is 36.4 Å².